The molecule has 2 aromatic carbocycles. The SMILES string of the molecule is CN=C(NCc1ccc(F)c(C)c1)NCC1Cc2ccccc2O1. The fourth-order valence-electron chi connectivity index (χ4n) is 2.80. The van der Waals surface area contributed by atoms with Crippen LogP contribution >= 0.6 is 0 Å². The molecule has 0 aliphatic carbocycles. The van der Waals surface area contributed by atoms with Crippen LogP contribution in [0.4, 0.5) is 4.39 Å². The van der Waals surface area contributed by atoms with E-state index in [9.17, 15) is 4.39 Å². The maximum atomic E-state index is 13.3. The molecule has 0 amide bonds. The minimum atomic E-state index is -0.181. The lowest BCUT2D eigenvalue weighted by Crippen LogP contribution is -2.41. The molecule has 1 atom stereocenters. The minimum absolute atomic E-state index is 0.106. The number of ether oxygens (including phenoxy) is 1. The second kappa shape index (κ2) is 7.34. The van der Waals surface area contributed by atoms with Gasteiger partial charge in [0.2, 0.25) is 0 Å². The maximum Gasteiger partial charge on any atom is 0.191 e. The molecule has 5 heteroatoms. The zero-order valence-corrected chi connectivity index (χ0v) is 14.0. The van der Waals surface area contributed by atoms with Crippen molar-refractivity contribution in [1.82, 2.24) is 10.6 Å². The van der Waals surface area contributed by atoms with Crippen LogP contribution in [0.3, 0.4) is 0 Å². The number of aryl methyl sites for hydroxylation is 1. The van der Waals surface area contributed by atoms with E-state index in [-0.39, 0.29) is 11.9 Å². The maximum absolute atomic E-state index is 13.3. The third kappa shape index (κ3) is 3.85. The van der Waals surface area contributed by atoms with Gasteiger partial charge in [0.15, 0.2) is 5.96 Å². The first-order chi connectivity index (χ1) is 11.7. The van der Waals surface area contributed by atoms with Crippen LogP contribution in [-0.4, -0.2) is 25.7 Å². The van der Waals surface area contributed by atoms with Gasteiger partial charge in [-0.25, -0.2) is 4.39 Å². The molecule has 0 saturated carbocycles. The van der Waals surface area contributed by atoms with Crippen LogP contribution in [0, 0.1) is 12.7 Å². The summed E-state index contributed by atoms with van der Waals surface area (Å²) in [7, 11) is 1.73. The van der Waals surface area contributed by atoms with Crippen molar-refractivity contribution in [3.05, 3.63) is 65.0 Å². The number of nitrogens with one attached hydrogen (secondary N) is 2. The van der Waals surface area contributed by atoms with Crippen molar-refractivity contribution in [1.29, 1.82) is 0 Å². The van der Waals surface area contributed by atoms with Gasteiger partial charge in [0.25, 0.3) is 0 Å². The van der Waals surface area contributed by atoms with Gasteiger partial charge in [-0.2, -0.15) is 0 Å². The van der Waals surface area contributed by atoms with E-state index in [0.717, 1.165) is 17.7 Å². The number of hydrogen-bond donors (Lipinski definition) is 2. The minimum Gasteiger partial charge on any atom is -0.488 e. The molecule has 0 spiro atoms. The Hall–Kier alpha value is -2.56. The van der Waals surface area contributed by atoms with Crippen molar-refractivity contribution < 1.29 is 9.13 Å². The summed E-state index contributed by atoms with van der Waals surface area (Å²) in [5, 5.41) is 6.52. The second-order valence-electron chi connectivity index (χ2n) is 5.94. The predicted octanol–water partition coefficient (Wildman–Crippen LogP) is 2.80. The highest BCUT2D eigenvalue weighted by Crippen LogP contribution is 2.27. The molecule has 0 saturated heterocycles. The highest BCUT2D eigenvalue weighted by atomic mass is 19.1. The van der Waals surface area contributed by atoms with Crippen LogP contribution in [0.15, 0.2) is 47.5 Å². The van der Waals surface area contributed by atoms with E-state index in [1.807, 2.05) is 24.3 Å². The summed E-state index contributed by atoms with van der Waals surface area (Å²) in [6.07, 6.45) is 1.01. The van der Waals surface area contributed by atoms with Crippen LogP contribution in [0.1, 0.15) is 16.7 Å². The molecular weight excluding hydrogens is 305 g/mol. The third-order valence-corrected chi connectivity index (χ3v) is 4.12. The van der Waals surface area contributed by atoms with Gasteiger partial charge in [0, 0.05) is 20.0 Å². The van der Waals surface area contributed by atoms with Crippen molar-refractivity contribution in [3.8, 4) is 5.75 Å². The van der Waals surface area contributed by atoms with Gasteiger partial charge in [-0.15, -0.1) is 0 Å². The Kier molecular flexibility index (Phi) is 4.99. The molecule has 1 aliphatic rings. The smallest absolute Gasteiger partial charge is 0.191 e. The largest absolute Gasteiger partial charge is 0.488 e. The zero-order chi connectivity index (χ0) is 16.9. The van der Waals surface area contributed by atoms with Crippen LogP contribution < -0.4 is 15.4 Å². The molecule has 0 aromatic heterocycles. The lowest BCUT2D eigenvalue weighted by molar-refractivity contribution is 0.235. The van der Waals surface area contributed by atoms with E-state index >= 15 is 0 Å². The number of nitrogens with zero attached hydrogens (tertiary/aromatic N) is 1. The van der Waals surface area contributed by atoms with Gasteiger partial charge >= 0.3 is 0 Å². The van der Waals surface area contributed by atoms with E-state index in [2.05, 4.69) is 21.7 Å². The van der Waals surface area contributed by atoms with Gasteiger partial charge in [-0.3, -0.25) is 4.99 Å². The van der Waals surface area contributed by atoms with E-state index < -0.39 is 0 Å². The number of para-hydroxylation sites is 1. The fraction of sp³-hybridized carbons (Fsp3) is 0.316. The number of rotatable bonds is 4. The summed E-state index contributed by atoms with van der Waals surface area (Å²) in [5.41, 5.74) is 2.91. The topological polar surface area (TPSA) is 45.7 Å². The predicted molar refractivity (Wildman–Crippen MR) is 93.9 cm³/mol. The van der Waals surface area contributed by atoms with Gasteiger partial charge in [-0.1, -0.05) is 30.3 Å². The number of guanidine groups is 1. The van der Waals surface area contributed by atoms with Gasteiger partial charge in [0.05, 0.1) is 6.54 Å². The Bertz CT molecular complexity index is 720. The molecule has 126 valence electrons. The number of halogens is 1. The molecule has 0 bridgehead atoms. The Morgan fingerprint density at radius 3 is 2.83 bits per heavy atom. The molecule has 24 heavy (non-hydrogen) atoms. The number of benzene rings is 2. The number of hydrogen-bond acceptors (Lipinski definition) is 2. The van der Waals surface area contributed by atoms with E-state index in [0.29, 0.717) is 24.6 Å². The summed E-state index contributed by atoms with van der Waals surface area (Å²) in [6, 6.07) is 13.2. The van der Waals surface area contributed by atoms with Crippen LogP contribution in [0.2, 0.25) is 0 Å². The Labute approximate surface area is 141 Å². The highest BCUT2D eigenvalue weighted by molar-refractivity contribution is 5.79. The summed E-state index contributed by atoms with van der Waals surface area (Å²) in [4.78, 5) is 4.22. The quantitative estimate of drug-likeness (QED) is 0.670. The molecule has 4 nitrogen and oxygen atoms in total. The second-order valence-corrected chi connectivity index (χ2v) is 5.94. The van der Waals surface area contributed by atoms with Crippen molar-refractivity contribution in [2.45, 2.75) is 26.0 Å². The first-order valence-electron chi connectivity index (χ1n) is 8.10. The normalized spacial score (nSPS) is 16.5. The van der Waals surface area contributed by atoms with Gasteiger partial charge < -0.3 is 15.4 Å². The Morgan fingerprint density at radius 2 is 2.08 bits per heavy atom. The molecule has 2 N–H and O–H groups in total. The van der Waals surface area contributed by atoms with Crippen LogP contribution in [0.25, 0.3) is 0 Å². The zero-order valence-electron chi connectivity index (χ0n) is 14.0. The standard InChI is InChI=1S/C19H22FN3O/c1-13-9-14(7-8-17(13)20)11-22-19(21-2)23-12-16-10-15-5-3-4-6-18(15)24-16/h3-9,16H,10-12H2,1-2H3,(H2,21,22,23). The first-order valence-corrected chi connectivity index (χ1v) is 8.10. The average molecular weight is 327 g/mol. The van der Waals surface area contributed by atoms with Gasteiger partial charge in [-0.05, 0) is 35.7 Å². The molecule has 1 aliphatic heterocycles. The summed E-state index contributed by atoms with van der Waals surface area (Å²) >= 11 is 0. The summed E-state index contributed by atoms with van der Waals surface area (Å²) in [5.74, 6) is 1.49. The molecule has 3 rings (SSSR count). The molecule has 0 radical (unpaired) electrons. The molecule has 2 aromatic rings. The van der Waals surface area contributed by atoms with Crippen molar-refractivity contribution in [2.75, 3.05) is 13.6 Å². The van der Waals surface area contributed by atoms with Gasteiger partial charge in [0.1, 0.15) is 17.7 Å². The van der Waals surface area contributed by atoms with Crippen molar-refractivity contribution >= 4 is 5.96 Å². The molecule has 1 heterocycles. The molecule has 0 fully saturated rings. The Balaban J connectivity index is 1.48. The first kappa shape index (κ1) is 16.3. The lowest BCUT2D eigenvalue weighted by Gasteiger charge is -2.16. The molecular formula is C19H22FN3O. The van der Waals surface area contributed by atoms with Crippen molar-refractivity contribution in [3.63, 3.8) is 0 Å². The van der Waals surface area contributed by atoms with E-state index in [4.69, 9.17) is 4.74 Å². The summed E-state index contributed by atoms with van der Waals surface area (Å²) in [6.45, 7) is 3.03. The Morgan fingerprint density at radius 1 is 1.25 bits per heavy atom. The molecule has 1 unspecified atom stereocenters. The number of fused-ring (bicyclic) bond motifs is 1. The van der Waals surface area contributed by atoms with Crippen LogP contribution in [0.5, 0.6) is 5.75 Å². The average Bonchev–Trinajstić information content (AvgIpc) is 3.01. The van der Waals surface area contributed by atoms with Crippen molar-refractivity contribution in [2.24, 2.45) is 4.99 Å². The fourth-order valence-corrected chi connectivity index (χ4v) is 2.80. The monoisotopic (exact) mass is 327 g/mol. The third-order valence-electron chi connectivity index (χ3n) is 4.12. The summed E-state index contributed by atoms with van der Waals surface area (Å²) < 4.78 is 19.2. The lowest BCUT2D eigenvalue weighted by atomic mass is 10.1. The van der Waals surface area contributed by atoms with E-state index in [1.165, 1.54) is 11.6 Å². The number of aliphatic imine (C=N–C) groups is 1. The highest BCUT2D eigenvalue weighted by Gasteiger charge is 2.22. The van der Waals surface area contributed by atoms with Crippen LogP contribution in [-0.2, 0) is 13.0 Å². The van der Waals surface area contributed by atoms with E-state index in [1.54, 1.807) is 20.0 Å².